The third-order valence-corrected chi connectivity index (χ3v) is 14.9. The van der Waals surface area contributed by atoms with Crippen LogP contribution in [0.25, 0.3) is 22.5 Å². The first-order valence-corrected chi connectivity index (χ1v) is 25.0. The third kappa shape index (κ3) is 8.59. The quantitative estimate of drug-likeness (QED) is 0.0341. The fourth-order valence-electron chi connectivity index (χ4n) is 11.1. The lowest BCUT2D eigenvalue weighted by Crippen LogP contribution is -2.45. The number of hydrogen-bond acceptors (Lipinski definition) is 9. The van der Waals surface area contributed by atoms with E-state index in [0.29, 0.717) is 17.5 Å². The molecule has 2 amide bonds. The highest BCUT2D eigenvalue weighted by Gasteiger charge is 2.36. The number of benzene rings is 5. The van der Waals surface area contributed by atoms with Crippen molar-refractivity contribution in [2.75, 3.05) is 51.3 Å². The topological polar surface area (TPSA) is 147 Å². The number of nitrogens with zero attached hydrogens (tertiary/aromatic N) is 4. The zero-order chi connectivity index (χ0) is 47.2. The Balaban J connectivity index is 0.837. The van der Waals surface area contributed by atoms with Crippen molar-refractivity contribution in [3.63, 3.8) is 0 Å². The van der Waals surface area contributed by atoms with Crippen molar-refractivity contribution in [1.82, 2.24) is 25.0 Å². The Morgan fingerprint density at radius 2 is 1.57 bits per heavy atom. The van der Waals surface area contributed by atoms with Crippen LogP contribution in [-0.4, -0.2) is 79.0 Å². The Labute approximate surface area is 404 Å². The zero-order valence-electron chi connectivity index (χ0n) is 39.0. The van der Waals surface area contributed by atoms with Crippen LogP contribution in [0.5, 0.6) is 11.5 Å². The molecular formula is C55H55N6O7S+. The maximum atomic E-state index is 14.0. The van der Waals surface area contributed by atoms with Gasteiger partial charge in [-0.3, -0.25) is 9.59 Å². The van der Waals surface area contributed by atoms with E-state index in [1.807, 2.05) is 35.0 Å². The van der Waals surface area contributed by atoms with Crippen molar-refractivity contribution in [2.45, 2.75) is 76.0 Å². The van der Waals surface area contributed by atoms with Gasteiger partial charge in [-0.25, -0.2) is 18.9 Å². The molecule has 0 radical (unpaired) electrons. The SMILES string of the molecule is COOSc1ccc(-n2nc(CCC(=O)NCCNC(=O)c3ccc(C(=O)O)c(C4=c5cc6c7c(c5Oc5c4cc4c8c5CCCN8CCC4)CCC[N+]=7CCC6)c3)cc2-c2ccc(C)cc2)cc1. The van der Waals surface area contributed by atoms with E-state index < -0.39 is 5.97 Å². The number of nitrogens with one attached hydrogen (secondary N) is 2. The van der Waals surface area contributed by atoms with Gasteiger partial charge >= 0.3 is 5.97 Å². The number of rotatable bonds is 14. The summed E-state index contributed by atoms with van der Waals surface area (Å²) in [5, 5.41) is 23.8. The molecule has 0 aliphatic carbocycles. The van der Waals surface area contributed by atoms with Crippen LogP contribution in [0, 0.1) is 6.92 Å². The molecule has 0 atom stereocenters. The lowest BCUT2D eigenvalue weighted by Gasteiger charge is -2.39. The summed E-state index contributed by atoms with van der Waals surface area (Å²) >= 11 is 1.12. The molecule has 0 saturated heterocycles. The van der Waals surface area contributed by atoms with Crippen LogP contribution in [0.3, 0.4) is 0 Å². The number of ether oxygens (including phenoxy) is 1. The maximum absolute atomic E-state index is 14.0. The number of amides is 2. The molecule has 14 heteroatoms. The Bertz CT molecular complexity index is 3180. The summed E-state index contributed by atoms with van der Waals surface area (Å²) in [4.78, 5) is 48.5. The first-order valence-electron chi connectivity index (χ1n) is 24.2. The Hall–Kier alpha value is -6.74. The molecule has 3 N–H and O–H groups in total. The molecule has 0 spiro atoms. The molecule has 0 bridgehead atoms. The van der Waals surface area contributed by atoms with E-state index in [4.69, 9.17) is 19.1 Å². The maximum Gasteiger partial charge on any atom is 0.336 e. The first-order chi connectivity index (χ1) is 33.7. The smallest absolute Gasteiger partial charge is 0.336 e. The lowest BCUT2D eigenvalue weighted by molar-refractivity contribution is -0.160. The van der Waals surface area contributed by atoms with Crippen LogP contribution in [0.1, 0.15) is 97.5 Å². The van der Waals surface area contributed by atoms with E-state index >= 15 is 0 Å². The average molecular weight is 944 g/mol. The van der Waals surface area contributed by atoms with E-state index in [9.17, 15) is 19.5 Å². The molecule has 13 nitrogen and oxygen atoms in total. The highest BCUT2D eigenvalue weighted by Crippen LogP contribution is 2.49. The van der Waals surface area contributed by atoms with Gasteiger partial charge in [0.1, 0.15) is 24.6 Å². The highest BCUT2D eigenvalue weighted by molar-refractivity contribution is 7.94. The Kier molecular flexibility index (Phi) is 12.3. The molecule has 0 saturated carbocycles. The summed E-state index contributed by atoms with van der Waals surface area (Å²) in [5.74, 6) is 0.0822. The van der Waals surface area contributed by atoms with Crippen molar-refractivity contribution in [3.05, 3.63) is 151 Å². The number of aromatic carboxylic acids is 1. The molecule has 1 aromatic heterocycles. The molecule has 0 fully saturated rings. The second-order valence-electron chi connectivity index (χ2n) is 18.6. The van der Waals surface area contributed by atoms with Gasteiger partial charge in [0.15, 0.2) is 0 Å². The van der Waals surface area contributed by atoms with Crippen LogP contribution in [0.2, 0.25) is 0 Å². The van der Waals surface area contributed by atoms with Crippen LogP contribution < -0.4 is 35.4 Å². The molecule has 0 unspecified atom stereocenters. The molecule has 352 valence electrons. The van der Waals surface area contributed by atoms with Crippen LogP contribution in [0.4, 0.5) is 5.69 Å². The van der Waals surface area contributed by atoms with Gasteiger partial charge in [-0.05, 0) is 117 Å². The summed E-state index contributed by atoms with van der Waals surface area (Å²) in [6.45, 7) is 6.54. The first kappa shape index (κ1) is 44.7. The van der Waals surface area contributed by atoms with Crippen LogP contribution in [0.15, 0.2) is 89.8 Å². The number of fused-ring (bicyclic) bond motifs is 4. The normalized spacial score (nSPS) is 15.4. The molecule has 5 aromatic carbocycles. The number of carboxylic acids is 1. The number of hydrogen-bond donors (Lipinski definition) is 3. The van der Waals surface area contributed by atoms with E-state index in [0.717, 1.165) is 151 Å². The second kappa shape index (κ2) is 19.0. The predicted molar refractivity (Wildman–Crippen MR) is 265 cm³/mol. The monoisotopic (exact) mass is 943 g/mol. The fourth-order valence-corrected chi connectivity index (χ4v) is 11.5. The minimum Gasteiger partial charge on any atom is -0.478 e. The number of aryl methyl sites for hydroxylation is 4. The minimum atomic E-state index is -1.06. The standard InChI is InChI=1S/C55H54N6O7S/c1-33-11-13-34(14-12-33)47-32-38(58-61(47)39-17-19-40(20-18-39)69-68-66-2)16-22-48(62)56-23-24-57-54(63)37-15-21-41(55(64)65)44(31-37)49-45-29-35-7-3-25-59-27-5-9-42(50(35)59)52(45)67-53-43-10-6-28-60-26-4-8-36(51(43)60)30-46(49)53/h11-15,17-21,29-32H,3-10,16,22-28H2,1-2H3,(H2-,56,57,62,63,64,65)/p+1. The lowest BCUT2D eigenvalue weighted by atomic mass is 9.81. The van der Waals surface area contributed by atoms with Crippen molar-refractivity contribution < 1.29 is 33.4 Å². The van der Waals surface area contributed by atoms with Gasteiger partial charge in [0.2, 0.25) is 11.3 Å². The summed E-state index contributed by atoms with van der Waals surface area (Å²) in [7, 11) is 1.46. The Morgan fingerprint density at radius 1 is 0.812 bits per heavy atom. The number of carbonyl (C=O) groups excluding carboxylic acids is 2. The molecule has 5 aliphatic rings. The number of carbonyl (C=O) groups is 3. The van der Waals surface area contributed by atoms with E-state index in [-0.39, 0.29) is 36.9 Å². The highest BCUT2D eigenvalue weighted by atomic mass is 32.2. The van der Waals surface area contributed by atoms with Gasteiger partial charge in [-0.1, -0.05) is 29.8 Å². The van der Waals surface area contributed by atoms with Crippen molar-refractivity contribution >= 4 is 41.1 Å². The van der Waals surface area contributed by atoms with Gasteiger partial charge in [0, 0.05) is 101 Å². The van der Waals surface area contributed by atoms with Gasteiger partial charge in [0.25, 0.3) is 5.91 Å². The van der Waals surface area contributed by atoms with Crippen molar-refractivity contribution in [3.8, 4) is 28.4 Å². The van der Waals surface area contributed by atoms with E-state index in [1.54, 1.807) is 18.2 Å². The largest absolute Gasteiger partial charge is 0.478 e. The van der Waals surface area contributed by atoms with Crippen LogP contribution >= 0.6 is 12.0 Å². The van der Waals surface area contributed by atoms with Crippen molar-refractivity contribution in [2.24, 2.45) is 0 Å². The molecule has 5 aliphatic heterocycles. The summed E-state index contributed by atoms with van der Waals surface area (Å²) in [6, 6.07) is 27.4. The number of aromatic nitrogens is 2. The summed E-state index contributed by atoms with van der Waals surface area (Å²) in [6.07, 6.45) is 8.47. The fraction of sp³-hybridized carbons (Fsp3) is 0.327. The molecule has 6 heterocycles. The molecule has 6 aromatic rings. The third-order valence-electron chi connectivity index (χ3n) is 14.2. The molecule has 11 rings (SSSR count). The Morgan fingerprint density at radius 3 is 2.36 bits per heavy atom. The van der Waals surface area contributed by atoms with Gasteiger partial charge in [-0.15, -0.1) is 0 Å². The van der Waals surface area contributed by atoms with E-state index in [2.05, 4.69) is 63.4 Å². The molecule has 69 heavy (non-hydrogen) atoms. The second-order valence-corrected chi connectivity index (χ2v) is 19.4. The number of anilines is 1. The molecular weight excluding hydrogens is 889 g/mol. The number of carboxylic acid groups (broad SMARTS) is 1. The minimum absolute atomic E-state index is 0.134. The average Bonchev–Trinajstić information content (AvgIpc) is 3.80. The zero-order valence-corrected chi connectivity index (χ0v) is 39.8. The van der Waals surface area contributed by atoms with E-state index in [1.165, 1.54) is 40.4 Å². The van der Waals surface area contributed by atoms with Gasteiger partial charge in [-0.2, -0.15) is 9.43 Å². The van der Waals surface area contributed by atoms with Gasteiger partial charge < -0.3 is 25.4 Å². The van der Waals surface area contributed by atoms with Gasteiger partial charge in [0.05, 0.1) is 47.4 Å². The van der Waals surface area contributed by atoms with Crippen molar-refractivity contribution in [1.29, 1.82) is 0 Å². The predicted octanol–water partition coefficient (Wildman–Crippen LogP) is 7.05. The summed E-state index contributed by atoms with van der Waals surface area (Å²) < 4.78 is 16.6. The summed E-state index contributed by atoms with van der Waals surface area (Å²) in [5.41, 5.74) is 13.6. The van der Waals surface area contributed by atoms with Crippen LogP contribution in [-0.2, 0) is 46.1 Å².